The molecule has 0 heterocycles. The maximum atomic E-state index is 11.0. The number of nitro benzene ring substituents is 1. The zero-order chi connectivity index (χ0) is 15.4. The van der Waals surface area contributed by atoms with Crippen molar-refractivity contribution in [2.45, 2.75) is 44.8 Å². The summed E-state index contributed by atoms with van der Waals surface area (Å²) in [6, 6.07) is 4.91. The Balaban J connectivity index is 2.26. The van der Waals surface area contributed by atoms with Crippen LogP contribution in [-0.4, -0.2) is 35.8 Å². The first-order valence-corrected chi connectivity index (χ1v) is 7.36. The van der Waals surface area contributed by atoms with E-state index in [1.54, 1.807) is 19.1 Å². The summed E-state index contributed by atoms with van der Waals surface area (Å²) in [7, 11) is 1.91. The third-order valence-electron chi connectivity index (χ3n) is 4.04. The fraction of sp³-hybridized carbons (Fsp3) is 0.600. The summed E-state index contributed by atoms with van der Waals surface area (Å²) in [5.74, 6) is 0.275. The minimum absolute atomic E-state index is 0.0295. The quantitative estimate of drug-likeness (QED) is 0.667. The predicted molar refractivity (Wildman–Crippen MR) is 80.9 cm³/mol. The maximum absolute atomic E-state index is 11.0. The molecular weight excluding hydrogens is 272 g/mol. The molecule has 0 aromatic heterocycles. The topological polar surface area (TPSA) is 75.8 Å². The van der Waals surface area contributed by atoms with E-state index in [1.807, 2.05) is 11.9 Å². The standard InChI is InChI=1S/C15H22N2O4/c1-3-21-15-10-11(8-9-13(15)17(19)20)16(2)12-6-4-5-7-14(12)18/h8-10,12,14,18H,3-7H2,1-2H3. The van der Waals surface area contributed by atoms with Crippen molar-refractivity contribution in [3.63, 3.8) is 0 Å². The third-order valence-corrected chi connectivity index (χ3v) is 4.04. The second kappa shape index (κ2) is 6.76. The predicted octanol–water partition coefficient (Wildman–Crippen LogP) is 2.73. The number of aliphatic hydroxyl groups excluding tert-OH is 1. The van der Waals surface area contributed by atoms with Crippen LogP contribution in [0.15, 0.2) is 18.2 Å². The molecule has 1 aliphatic rings. The van der Waals surface area contributed by atoms with Gasteiger partial charge in [-0.05, 0) is 25.8 Å². The van der Waals surface area contributed by atoms with Crippen LogP contribution in [-0.2, 0) is 0 Å². The van der Waals surface area contributed by atoms with E-state index in [0.29, 0.717) is 6.61 Å². The van der Waals surface area contributed by atoms with Crippen LogP contribution in [0, 0.1) is 10.1 Å². The van der Waals surface area contributed by atoms with Crippen molar-refractivity contribution in [2.24, 2.45) is 0 Å². The largest absolute Gasteiger partial charge is 0.487 e. The van der Waals surface area contributed by atoms with E-state index in [0.717, 1.165) is 31.4 Å². The lowest BCUT2D eigenvalue weighted by Gasteiger charge is -2.36. The molecule has 0 amide bonds. The molecule has 1 aromatic rings. The van der Waals surface area contributed by atoms with Crippen molar-refractivity contribution >= 4 is 11.4 Å². The Hall–Kier alpha value is -1.82. The second-order valence-electron chi connectivity index (χ2n) is 5.37. The minimum Gasteiger partial charge on any atom is -0.487 e. The van der Waals surface area contributed by atoms with Gasteiger partial charge < -0.3 is 14.7 Å². The highest BCUT2D eigenvalue weighted by Gasteiger charge is 2.28. The fourth-order valence-electron chi connectivity index (χ4n) is 2.88. The highest BCUT2D eigenvalue weighted by atomic mass is 16.6. The summed E-state index contributed by atoms with van der Waals surface area (Å²) in [4.78, 5) is 12.6. The van der Waals surface area contributed by atoms with Gasteiger partial charge in [-0.15, -0.1) is 0 Å². The molecule has 0 aliphatic heterocycles. The van der Waals surface area contributed by atoms with Gasteiger partial charge in [-0.25, -0.2) is 0 Å². The molecule has 2 atom stereocenters. The lowest BCUT2D eigenvalue weighted by molar-refractivity contribution is -0.385. The molecule has 21 heavy (non-hydrogen) atoms. The number of nitro groups is 1. The Morgan fingerprint density at radius 3 is 2.76 bits per heavy atom. The first kappa shape index (κ1) is 15.6. The summed E-state index contributed by atoms with van der Waals surface area (Å²) in [6.07, 6.45) is 3.53. The average Bonchev–Trinajstić information content (AvgIpc) is 2.47. The number of hydrogen-bond acceptors (Lipinski definition) is 5. The first-order valence-electron chi connectivity index (χ1n) is 7.36. The zero-order valence-electron chi connectivity index (χ0n) is 12.5. The van der Waals surface area contributed by atoms with Crippen LogP contribution in [0.3, 0.4) is 0 Å². The molecule has 2 rings (SSSR count). The summed E-state index contributed by atoms with van der Waals surface area (Å²) < 4.78 is 5.37. The van der Waals surface area contributed by atoms with E-state index >= 15 is 0 Å². The summed E-state index contributed by atoms with van der Waals surface area (Å²) in [6.45, 7) is 2.17. The van der Waals surface area contributed by atoms with Crippen LogP contribution >= 0.6 is 0 Å². The van der Waals surface area contributed by atoms with Gasteiger partial charge in [0.1, 0.15) is 0 Å². The van der Waals surface area contributed by atoms with E-state index < -0.39 is 4.92 Å². The number of ether oxygens (including phenoxy) is 1. The number of rotatable bonds is 5. The van der Waals surface area contributed by atoms with Crippen LogP contribution < -0.4 is 9.64 Å². The number of likely N-dealkylation sites (N-methyl/N-ethyl adjacent to an activating group) is 1. The molecule has 0 saturated heterocycles. The van der Waals surface area contributed by atoms with Crippen molar-refractivity contribution in [3.8, 4) is 5.75 Å². The molecule has 0 spiro atoms. The Morgan fingerprint density at radius 1 is 1.43 bits per heavy atom. The number of anilines is 1. The summed E-state index contributed by atoms with van der Waals surface area (Å²) in [5.41, 5.74) is 0.799. The number of benzene rings is 1. The summed E-state index contributed by atoms with van der Waals surface area (Å²) in [5, 5.41) is 21.1. The second-order valence-corrected chi connectivity index (χ2v) is 5.37. The van der Waals surface area contributed by atoms with Crippen molar-refractivity contribution < 1.29 is 14.8 Å². The molecule has 1 aliphatic carbocycles. The maximum Gasteiger partial charge on any atom is 0.311 e. The van der Waals surface area contributed by atoms with Crippen molar-refractivity contribution in [1.82, 2.24) is 0 Å². The van der Waals surface area contributed by atoms with E-state index in [9.17, 15) is 15.2 Å². The Labute approximate surface area is 124 Å². The van der Waals surface area contributed by atoms with Gasteiger partial charge in [-0.1, -0.05) is 12.8 Å². The molecule has 0 radical (unpaired) electrons. The Morgan fingerprint density at radius 2 is 2.14 bits per heavy atom. The minimum atomic E-state index is -0.440. The first-order chi connectivity index (χ1) is 10.0. The molecule has 1 saturated carbocycles. The van der Waals surface area contributed by atoms with Crippen LogP contribution in [0.4, 0.5) is 11.4 Å². The highest BCUT2D eigenvalue weighted by Crippen LogP contribution is 2.34. The van der Waals surface area contributed by atoms with Gasteiger partial charge in [0.15, 0.2) is 5.75 Å². The van der Waals surface area contributed by atoms with Gasteiger partial charge in [0, 0.05) is 24.9 Å². The fourth-order valence-corrected chi connectivity index (χ4v) is 2.88. The van der Waals surface area contributed by atoms with Gasteiger partial charge in [0.05, 0.1) is 23.7 Å². The molecule has 116 valence electrons. The molecule has 0 bridgehead atoms. The lowest BCUT2D eigenvalue weighted by atomic mass is 9.91. The highest BCUT2D eigenvalue weighted by molar-refractivity contribution is 5.59. The Bertz CT molecular complexity index is 506. The van der Waals surface area contributed by atoms with Gasteiger partial charge in [0.2, 0.25) is 0 Å². The van der Waals surface area contributed by atoms with Crippen molar-refractivity contribution in [2.75, 3.05) is 18.6 Å². The normalized spacial score (nSPS) is 21.9. The average molecular weight is 294 g/mol. The Kier molecular flexibility index (Phi) is 5.01. The van der Waals surface area contributed by atoms with E-state index in [1.165, 1.54) is 6.07 Å². The SMILES string of the molecule is CCOc1cc(N(C)C2CCCCC2O)ccc1[N+](=O)[O-]. The number of nitrogens with zero attached hydrogens (tertiary/aromatic N) is 2. The molecule has 1 N–H and O–H groups in total. The van der Waals surface area contributed by atoms with E-state index in [4.69, 9.17) is 4.74 Å². The molecule has 6 heteroatoms. The smallest absolute Gasteiger partial charge is 0.311 e. The van der Waals surface area contributed by atoms with E-state index in [-0.39, 0.29) is 23.6 Å². The van der Waals surface area contributed by atoms with Crippen LogP contribution in [0.5, 0.6) is 5.75 Å². The third kappa shape index (κ3) is 3.44. The van der Waals surface area contributed by atoms with Gasteiger partial charge in [0.25, 0.3) is 0 Å². The monoisotopic (exact) mass is 294 g/mol. The molecule has 2 unspecified atom stereocenters. The molecular formula is C15H22N2O4. The van der Waals surface area contributed by atoms with Crippen LogP contribution in [0.2, 0.25) is 0 Å². The lowest BCUT2D eigenvalue weighted by Crippen LogP contribution is -2.43. The van der Waals surface area contributed by atoms with Gasteiger partial charge in [-0.2, -0.15) is 0 Å². The van der Waals surface area contributed by atoms with Gasteiger partial charge >= 0.3 is 5.69 Å². The molecule has 6 nitrogen and oxygen atoms in total. The van der Waals surface area contributed by atoms with Crippen LogP contribution in [0.1, 0.15) is 32.6 Å². The van der Waals surface area contributed by atoms with Gasteiger partial charge in [-0.3, -0.25) is 10.1 Å². The summed E-state index contributed by atoms with van der Waals surface area (Å²) >= 11 is 0. The van der Waals surface area contributed by atoms with Crippen LogP contribution in [0.25, 0.3) is 0 Å². The van der Waals surface area contributed by atoms with E-state index in [2.05, 4.69) is 0 Å². The van der Waals surface area contributed by atoms with Crippen molar-refractivity contribution in [3.05, 3.63) is 28.3 Å². The number of aliphatic hydroxyl groups is 1. The molecule has 1 aromatic carbocycles. The number of hydrogen-bond donors (Lipinski definition) is 1. The van der Waals surface area contributed by atoms with Crippen molar-refractivity contribution in [1.29, 1.82) is 0 Å². The molecule has 1 fully saturated rings. The zero-order valence-corrected chi connectivity index (χ0v) is 12.5.